The number of piperidine rings is 1. The molecule has 0 radical (unpaired) electrons. The fourth-order valence-corrected chi connectivity index (χ4v) is 6.14. The second kappa shape index (κ2) is 9.42. The van der Waals surface area contributed by atoms with Crippen LogP contribution >= 0.6 is 0 Å². The second-order valence-corrected chi connectivity index (χ2v) is 10.4. The van der Waals surface area contributed by atoms with Crippen LogP contribution in [0.1, 0.15) is 71.4 Å². The molecule has 6 heteroatoms. The average molecular weight is 442 g/mol. The molecular weight excluding hydrogens is 402 g/mol. The van der Waals surface area contributed by atoms with E-state index in [2.05, 4.69) is 31.0 Å². The molecule has 3 unspecified atom stereocenters. The number of benzene rings is 1. The first-order chi connectivity index (χ1) is 15.4. The summed E-state index contributed by atoms with van der Waals surface area (Å²) in [7, 11) is 0. The van der Waals surface area contributed by atoms with Gasteiger partial charge >= 0.3 is 6.09 Å². The molecule has 2 fully saturated rings. The number of fused-ring (bicyclic) bond motifs is 1. The molecular formula is C26H39N3O3. The van der Waals surface area contributed by atoms with Crippen molar-refractivity contribution in [2.24, 2.45) is 17.3 Å². The first-order valence-corrected chi connectivity index (χ1v) is 12.4. The summed E-state index contributed by atoms with van der Waals surface area (Å²) in [5, 5.41) is 2.77. The Hall–Kier alpha value is -2.08. The third kappa shape index (κ3) is 4.39. The van der Waals surface area contributed by atoms with E-state index in [4.69, 9.17) is 4.74 Å². The summed E-state index contributed by atoms with van der Waals surface area (Å²) in [5.41, 5.74) is 2.29. The molecule has 1 saturated heterocycles. The number of rotatable bonds is 7. The van der Waals surface area contributed by atoms with Crippen LogP contribution in [0.5, 0.6) is 0 Å². The van der Waals surface area contributed by atoms with Crippen molar-refractivity contribution in [2.45, 2.75) is 71.9 Å². The van der Waals surface area contributed by atoms with Crippen LogP contribution in [0.2, 0.25) is 0 Å². The highest BCUT2D eigenvalue weighted by atomic mass is 16.5. The summed E-state index contributed by atoms with van der Waals surface area (Å²) in [5.74, 6) is 1.56. The van der Waals surface area contributed by atoms with Gasteiger partial charge in [0.05, 0.1) is 6.61 Å². The average Bonchev–Trinajstić information content (AvgIpc) is 3.04. The maximum Gasteiger partial charge on any atom is 0.408 e. The van der Waals surface area contributed by atoms with Crippen molar-refractivity contribution in [3.63, 3.8) is 0 Å². The molecule has 1 N–H and O–H groups in total. The molecule has 2 amide bonds. The molecule has 1 aromatic rings. The molecule has 2 aliphatic heterocycles. The van der Waals surface area contributed by atoms with E-state index in [1.165, 1.54) is 25.8 Å². The molecule has 176 valence electrons. The molecule has 0 spiro atoms. The number of hydrogen-bond donors (Lipinski definition) is 1. The largest absolute Gasteiger partial charge is 0.450 e. The summed E-state index contributed by atoms with van der Waals surface area (Å²) in [6.07, 6.45) is 5.37. The summed E-state index contributed by atoms with van der Waals surface area (Å²) in [6, 6.07) is 7.34. The predicted molar refractivity (Wildman–Crippen MR) is 127 cm³/mol. The van der Waals surface area contributed by atoms with Crippen LogP contribution < -0.4 is 10.2 Å². The Morgan fingerprint density at radius 2 is 1.91 bits per heavy atom. The highest BCUT2D eigenvalue weighted by molar-refractivity contribution is 6.06. The fourth-order valence-electron chi connectivity index (χ4n) is 6.14. The van der Waals surface area contributed by atoms with Crippen LogP contribution in [-0.4, -0.2) is 49.2 Å². The van der Waals surface area contributed by atoms with Crippen molar-refractivity contribution in [2.75, 3.05) is 31.1 Å². The van der Waals surface area contributed by atoms with Crippen molar-refractivity contribution in [1.29, 1.82) is 0 Å². The smallest absolute Gasteiger partial charge is 0.408 e. The van der Waals surface area contributed by atoms with Crippen LogP contribution in [0.15, 0.2) is 24.3 Å². The molecule has 32 heavy (non-hydrogen) atoms. The van der Waals surface area contributed by atoms with Gasteiger partial charge in [0.25, 0.3) is 5.91 Å². The van der Waals surface area contributed by atoms with Crippen molar-refractivity contribution < 1.29 is 14.3 Å². The first kappa shape index (κ1) is 23.1. The minimum Gasteiger partial charge on any atom is -0.450 e. The van der Waals surface area contributed by atoms with Crippen LogP contribution in [0.4, 0.5) is 10.5 Å². The Bertz CT molecular complexity index is 831. The lowest BCUT2D eigenvalue weighted by Gasteiger charge is -2.50. The van der Waals surface area contributed by atoms with E-state index in [9.17, 15) is 9.59 Å². The lowest BCUT2D eigenvalue weighted by atomic mass is 9.57. The normalized spacial score (nSPS) is 26.4. The van der Waals surface area contributed by atoms with Crippen LogP contribution in [0, 0.1) is 17.3 Å². The number of para-hydroxylation sites is 1. The van der Waals surface area contributed by atoms with E-state index in [1.54, 1.807) is 6.92 Å². The zero-order chi connectivity index (χ0) is 22.9. The standard InChI is InChI=1S/C26H39N3O3/c1-5-18(21-11-14-26(21,3)4)17-28-15-12-19(13-16-28)29-22-10-8-7-9-20(22)23(24(29)30)27-25(31)32-6-2/h7-10,18-19,21,23H,5-6,11-17H2,1-4H3,(H,27,31). The van der Waals surface area contributed by atoms with Gasteiger partial charge in [-0.2, -0.15) is 0 Å². The van der Waals surface area contributed by atoms with E-state index in [1.807, 2.05) is 29.2 Å². The van der Waals surface area contributed by atoms with Gasteiger partial charge in [0, 0.05) is 36.9 Å². The number of nitrogens with zero attached hydrogens (tertiary/aromatic N) is 2. The highest BCUT2D eigenvalue weighted by Gasteiger charge is 2.44. The van der Waals surface area contributed by atoms with Gasteiger partial charge < -0.3 is 19.9 Å². The van der Waals surface area contributed by atoms with Crippen LogP contribution in [0.25, 0.3) is 0 Å². The van der Waals surface area contributed by atoms with Gasteiger partial charge in [0.15, 0.2) is 0 Å². The molecule has 1 aliphatic carbocycles. The van der Waals surface area contributed by atoms with Gasteiger partial charge in [-0.15, -0.1) is 0 Å². The number of carbonyl (C=O) groups is 2. The fraction of sp³-hybridized carbons (Fsp3) is 0.692. The van der Waals surface area contributed by atoms with Gasteiger partial charge in [0.2, 0.25) is 0 Å². The number of carbonyl (C=O) groups excluding carboxylic acids is 2. The molecule has 6 nitrogen and oxygen atoms in total. The zero-order valence-corrected chi connectivity index (χ0v) is 20.1. The number of likely N-dealkylation sites (tertiary alicyclic amines) is 1. The van der Waals surface area contributed by atoms with Crippen LogP contribution in [-0.2, 0) is 9.53 Å². The summed E-state index contributed by atoms with van der Waals surface area (Å²) >= 11 is 0. The third-order valence-electron chi connectivity index (χ3n) is 8.14. The maximum atomic E-state index is 13.4. The third-order valence-corrected chi connectivity index (χ3v) is 8.14. The second-order valence-electron chi connectivity index (χ2n) is 10.4. The Morgan fingerprint density at radius 3 is 2.50 bits per heavy atom. The quantitative estimate of drug-likeness (QED) is 0.663. The van der Waals surface area contributed by atoms with Crippen LogP contribution in [0.3, 0.4) is 0 Å². The van der Waals surface area contributed by atoms with Crippen molar-refractivity contribution in [3.8, 4) is 0 Å². The molecule has 1 saturated carbocycles. The minimum atomic E-state index is -0.659. The Balaban J connectivity index is 1.40. The number of alkyl carbamates (subject to hydrolysis) is 1. The number of ether oxygens (including phenoxy) is 1. The number of anilines is 1. The maximum absolute atomic E-state index is 13.4. The Morgan fingerprint density at radius 1 is 1.19 bits per heavy atom. The molecule has 3 aliphatic rings. The van der Waals surface area contributed by atoms with Crippen molar-refractivity contribution in [1.82, 2.24) is 10.2 Å². The lowest BCUT2D eigenvalue weighted by molar-refractivity contribution is -0.120. The molecule has 4 rings (SSSR count). The van der Waals surface area contributed by atoms with Gasteiger partial charge in [-0.3, -0.25) is 4.79 Å². The summed E-state index contributed by atoms with van der Waals surface area (Å²) in [4.78, 5) is 29.9. The van der Waals surface area contributed by atoms with E-state index in [0.717, 1.165) is 49.0 Å². The van der Waals surface area contributed by atoms with Gasteiger partial charge in [0.1, 0.15) is 6.04 Å². The monoisotopic (exact) mass is 441 g/mol. The molecule has 2 heterocycles. The number of hydrogen-bond acceptors (Lipinski definition) is 4. The SMILES string of the molecule is CCOC(=O)NC1C(=O)N(C2CCN(CC(CC)C3CCC3(C)C)CC2)c2ccccc21. The molecule has 3 atom stereocenters. The summed E-state index contributed by atoms with van der Waals surface area (Å²) < 4.78 is 5.03. The highest BCUT2D eigenvalue weighted by Crippen LogP contribution is 2.51. The molecule has 0 bridgehead atoms. The molecule has 0 aromatic heterocycles. The van der Waals surface area contributed by atoms with E-state index in [-0.39, 0.29) is 18.6 Å². The number of nitrogens with one attached hydrogen (secondary N) is 1. The number of amides is 2. The van der Waals surface area contributed by atoms with E-state index >= 15 is 0 Å². The van der Waals surface area contributed by atoms with E-state index < -0.39 is 12.1 Å². The van der Waals surface area contributed by atoms with E-state index in [0.29, 0.717) is 5.41 Å². The Labute approximate surface area is 192 Å². The first-order valence-electron chi connectivity index (χ1n) is 12.4. The van der Waals surface area contributed by atoms with Crippen molar-refractivity contribution >= 4 is 17.7 Å². The van der Waals surface area contributed by atoms with Gasteiger partial charge in [-0.25, -0.2) is 4.79 Å². The van der Waals surface area contributed by atoms with Gasteiger partial charge in [-0.05, 0) is 55.9 Å². The molecule has 1 aromatic carbocycles. The minimum absolute atomic E-state index is 0.0413. The predicted octanol–water partition coefficient (Wildman–Crippen LogP) is 4.75. The topological polar surface area (TPSA) is 61.9 Å². The van der Waals surface area contributed by atoms with Crippen molar-refractivity contribution in [3.05, 3.63) is 29.8 Å². The lowest BCUT2D eigenvalue weighted by Crippen LogP contribution is -2.50. The Kier molecular flexibility index (Phi) is 6.80. The zero-order valence-electron chi connectivity index (χ0n) is 20.1. The van der Waals surface area contributed by atoms with Gasteiger partial charge in [-0.1, -0.05) is 45.4 Å². The summed E-state index contributed by atoms with van der Waals surface area (Å²) in [6.45, 7) is 12.5.